The number of rotatable bonds is 5. The first-order valence-corrected chi connectivity index (χ1v) is 3.88. The third-order valence-electron chi connectivity index (χ3n) is 1.31. The number of amides is 1. The molecule has 0 unspecified atom stereocenters. The molecule has 0 rings (SSSR count). The molecule has 0 fully saturated rings. The third kappa shape index (κ3) is 5.60. The number of carbonyl (C=O) groups is 1. The molecular weight excluding hydrogens is 126 g/mol. The zero-order valence-electron chi connectivity index (χ0n) is 6.81. The number of hydrogen-bond acceptors (Lipinski definition) is 1. The van der Waals surface area contributed by atoms with Crippen LogP contribution in [0.5, 0.6) is 0 Å². The lowest BCUT2D eigenvalue weighted by Gasteiger charge is -1.99. The molecule has 0 bridgehead atoms. The summed E-state index contributed by atoms with van der Waals surface area (Å²) < 4.78 is 0. The summed E-state index contributed by atoms with van der Waals surface area (Å²) in [6.07, 6.45) is 3.99. The van der Waals surface area contributed by atoms with Gasteiger partial charge in [-0.2, -0.15) is 0 Å². The van der Waals surface area contributed by atoms with Gasteiger partial charge < -0.3 is 5.32 Å². The van der Waals surface area contributed by atoms with Gasteiger partial charge in [0.25, 0.3) is 0 Å². The van der Waals surface area contributed by atoms with E-state index in [4.69, 9.17) is 0 Å². The van der Waals surface area contributed by atoms with Crippen LogP contribution in [0.25, 0.3) is 0 Å². The van der Waals surface area contributed by atoms with Gasteiger partial charge in [0, 0.05) is 13.0 Å². The average Bonchev–Trinajstić information content (AvgIpc) is 1.89. The predicted octanol–water partition coefficient (Wildman–Crippen LogP) is 1.86. The van der Waals surface area contributed by atoms with E-state index in [2.05, 4.69) is 12.2 Å². The van der Waals surface area contributed by atoms with Crippen LogP contribution in [-0.2, 0) is 4.79 Å². The molecule has 0 saturated carbocycles. The highest BCUT2D eigenvalue weighted by Crippen LogP contribution is 1.97. The van der Waals surface area contributed by atoms with Gasteiger partial charge in [0.1, 0.15) is 0 Å². The van der Waals surface area contributed by atoms with E-state index in [-0.39, 0.29) is 5.91 Å². The van der Waals surface area contributed by atoms with Gasteiger partial charge in [-0.25, -0.2) is 0 Å². The molecule has 0 aliphatic heterocycles. The Morgan fingerprint density at radius 3 is 2.70 bits per heavy atom. The SMILES string of the molecule is C[CH]NC(=O)CCCCC. The van der Waals surface area contributed by atoms with Gasteiger partial charge in [-0.3, -0.25) is 4.79 Å². The van der Waals surface area contributed by atoms with Crippen molar-refractivity contribution in [2.45, 2.75) is 39.5 Å². The molecule has 1 radical (unpaired) electrons. The number of nitrogens with one attached hydrogen (secondary N) is 1. The van der Waals surface area contributed by atoms with Crippen LogP contribution in [0.15, 0.2) is 0 Å². The van der Waals surface area contributed by atoms with Crippen molar-refractivity contribution >= 4 is 5.91 Å². The van der Waals surface area contributed by atoms with Gasteiger partial charge in [0.05, 0.1) is 0 Å². The molecule has 0 aromatic carbocycles. The van der Waals surface area contributed by atoms with Crippen molar-refractivity contribution in [2.24, 2.45) is 0 Å². The molecule has 0 aromatic heterocycles. The molecule has 2 nitrogen and oxygen atoms in total. The second kappa shape index (κ2) is 6.59. The van der Waals surface area contributed by atoms with Crippen LogP contribution in [0, 0.1) is 6.54 Å². The van der Waals surface area contributed by atoms with E-state index in [0.717, 1.165) is 12.8 Å². The molecule has 0 heterocycles. The van der Waals surface area contributed by atoms with Crippen LogP contribution in [0.4, 0.5) is 0 Å². The summed E-state index contributed by atoms with van der Waals surface area (Å²) in [6.45, 7) is 5.62. The number of hydrogen-bond donors (Lipinski definition) is 1. The molecule has 1 amide bonds. The van der Waals surface area contributed by atoms with E-state index >= 15 is 0 Å². The highest BCUT2D eigenvalue weighted by atomic mass is 16.1. The summed E-state index contributed by atoms with van der Waals surface area (Å²) in [7, 11) is 0. The third-order valence-corrected chi connectivity index (χ3v) is 1.31. The van der Waals surface area contributed by atoms with Gasteiger partial charge in [-0.05, 0) is 13.3 Å². The van der Waals surface area contributed by atoms with Crippen molar-refractivity contribution in [1.29, 1.82) is 0 Å². The molecule has 0 saturated heterocycles. The van der Waals surface area contributed by atoms with Gasteiger partial charge >= 0.3 is 0 Å². The first-order chi connectivity index (χ1) is 4.81. The van der Waals surface area contributed by atoms with Gasteiger partial charge in [-0.1, -0.05) is 19.8 Å². The molecule has 59 valence electrons. The van der Waals surface area contributed by atoms with E-state index in [1.807, 2.05) is 6.92 Å². The van der Waals surface area contributed by atoms with E-state index in [1.165, 1.54) is 6.42 Å². The van der Waals surface area contributed by atoms with Crippen molar-refractivity contribution in [2.75, 3.05) is 0 Å². The van der Waals surface area contributed by atoms with Crippen LogP contribution >= 0.6 is 0 Å². The van der Waals surface area contributed by atoms with E-state index in [0.29, 0.717) is 6.42 Å². The van der Waals surface area contributed by atoms with Crippen molar-refractivity contribution in [3.8, 4) is 0 Å². The topological polar surface area (TPSA) is 29.1 Å². The molecule has 1 N–H and O–H groups in total. The summed E-state index contributed by atoms with van der Waals surface area (Å²) in [6, 6.07) is 0. The molecule has 0 aliphatic carbocycles. The average molecular weight is 142 g/mol. The summed E-state index contributed by atoms with van der Waals surface area (Å²) in [4.78, 5) is 10.8. The maximum atomic E-state index is 10.8. The van der Waals surface area contributed by atoms with E-state index < -0.39 is 0 Å². The second-order valence-electron chi connectivity index (χ2n) is 2.31. The molecule has 10 heavy (non-hydrogen) atoms. The minimum Gasteiger partial charge on any atom is -0.352 e. The Bertz CT molecular complexity index is 91.3. The largest absolute Gasteiger partial charge is 0.352 e. The highest BCUT2D eigenvalue weighted by Gasteiger charge is 1.96. The molecule has 0 spiro atoms. The maximum absolute atomic E-state index is 10.8. The van der Waals surface area contributed by atoms with Crippen LogP contribution in [0.3, 0.4) is 0 Å². The number of unbranched alkanes of at least 4 members (excludes halogenated alkanes) is 2. The fourth-order valence-corrected chi connectivity index (χ4v) is 0.769. The first-order valence-electron chi connectivity index (χ1n) is 3.88. The summed E-state index contributed by atoms with van der Waals surface area (Å²) >= 11 is 0. The van der Waals surface area contributed by atoms with Crippen LogP contribution in [0.1, 0.15) is 39.5 Å². The molecule has 2 heteroatoms. The molecule has 0 aliphatic rings. The first kappa shape index (κ1) is 9.47. The quantitative estimate of drug-likeness (QED) is 0.583. The lowest BCUT2D eigenvalue weighted by molar-refractivity contribution is -0.120. The summed E-state index contributed by atoms with van der Waals surface area (Å²) in [5.74, 6) is 0.135. The number of carbonyl (C=O) groups excluding carboxylic acids is 1. The molecule has 0 aromatic rings. The van der Waals surface area contributed by atoms with Crippen LogP contribution in [-0.4, -0.2) is 5.91 Å². The Morgan fingerprint density at radius 1 is 1.50 bits per heavy atom. The van der Waals surface area contributed by atoms with Gasteiger partial charge in [0.15, 0.2) is 0 Å². The Morgan fingerprint density at radius 2 is 2.20 bits per heavy atom. The fourth-order valence-electron chi connectivity index (χ4n) is 0.769. The summed E-state index contributed by atoms with van der Waals surface area (Å²) in [5.41, 5.74) is 0. The Kier molecular flexibility index (Phi) is 6.24. The van der Waals surface area contributed by atoms with Crippen molar-refractivity contribution in [1.82, 2.24) is 5.32 Å². The zero-order chi connectivity index (χ0) is 7.82. The van der Waals surface area contributed by atoms with E-state index in [1.54, 1.807) is 6.54 Å². The smallest absolute Gasteiger partial charge is 0.220 e. The van der Waals surface area contributed by atoms with Gasteiger partial charge in [-0.15, -0.1) is 0 Å². The minimum atomic E-state index is 0.135. The second-order valence-corrected chi connectivity index (χ2v) is 2.31. The van der Waals surface area contributed by atoms with Crippen LogP contribution in [0.2, 0.25) is 0 Å². The summed E-state index contributed by atoms with van der Waals surface area (Å²) in [5, 5.41) is 2.64. The lowest BCUT2D eigenvalue weighted by Crippen LogP contribution is -2.18. The fraction of sp³-hybridized carbons (Fsp3) is 0.750. The zero-order valence-corrected chi connectivity index (χ0v) is 6.81. The standard InChI is InChI=1S/C8H16NO/c1-3-5-6-7-8(10)9-4-2/h4H,3,5-7H2,1-2H3,(H,9,10). The maximum Gasteiger partial charge on any atom is 0.220 e. The van der Waals surface area contributed by atoms with Crippen molar-refractivity contribution in [3.63, 3.8) is 0 Å². The minimum absolute atomic E-state index is 0.135. The predicted molar refractivity (Wildman–Crippen MR) is 42.3 cm³/mol. The normalized spacial score (nSPS) is 9.40. The Balaban J connectivity index is 3.05. The molecule has 0 atom stereocenters. The van der Waals surface area contributed by atoms with Gasteiger partial charge in [0.2, 0.25) is 5.91 Å². The monoisotopic (exact) mass is 142 g/mol. The Hall–Kier alpha value is -0.530. The van der Waals surface area contributed by atoms with E-state index in [9.17, 15) is 4.79 Å². The van der Waals surface area contributed by atoms with Crippen molar-refractivity contribution < 1.29 is 4.79 Å². The lowest BCUT2D eigenvalue weighted by atomic mass is 10.2. The molecular formula is C8H16NO. The van der Waals surface area contributed by atoms with Crippen molar-refractivity contribution in [3.05, 3.63) is 6.54 Å². The highest BCUT2D eigenvalue weighted by molar-refractivity contribution is 5.76. The van der Waals surface area contributed by atoms with Crippen LogP contribution < -0.4 is 5.32 Å². The Labute approximate surface area is 63.0 Å².